The molecule has 28 rings (SSSR count). The van der Waals surface area contributed by atoms with Gasteiger partial charge >= 0.3 is 0 Å². The third-order valence-corrected chi connectivity index (χ3v) is 32.9. The van der Waals surface area contributed by atoms with Gasteiger partial charge < -0.3 is 9.80 Å². The van der Waals surface area contributed by atoms with Crippen molar-refractivity contribution in [2.45, 2.75) is 60.2 Å². The zero-order chi connectivity index (χ0) is 96.0. The van der Waals surface area contributed by atoms with Gasteiger partial charge in [0.05, 0.1) is 21.7 Å². The van der Waals surface area contributed by atoms with Crippen LogP contribution in [0.2, 0.25) is 0 Å². The number of hydrogen-bond donors (Lipinski definition) is 0. The molecule has 0 unspecified atom stereocenters. The monoisotopic (exact) mass is 1830 g/mol. The van der Waals surface area contributed by atoms with Crippen molar-refractivity contribution in [3.63, 3.8) is 0 Å². The molecule has 0 aromatic heterocycles. The SMILES string of the molecule is CC1(C)c2ccccc2-c2ccc(-c3ccc(N(c4ccc5c(c4)C(c4ccccc4)(c4ccccc4)c4ccccc4-5)c4ccc5c(c4)C(c4ccccc4)(c4ccccc4)c4ccccc4-5)cc3)cc21.CC1(C)c2ccccc2-c2ccc(-c3cccc(N(c4ccc5c(c4)C(c4ccccc4)(c4ccccc4)c4ccccc4-5)c4ccc5c(c4)C(c4ccccc4)(c4ccccc4)c4ccccc4-5)c3)cc21. The molecule has 0 spiro atoms. The summed E-state index contributed by atoms with van der Waals surface area (Å²) in [5, 5.41) is 0. The summed E-state index contributed by atoms with van der Waals surface area (Å²) in [6.45, 7) is 9.46. The molecule has 0 atom stereocenters. The standard InChI is InChI=1S/2C71H51N/c1-69(2)63-35-18-15-32-57(63)60-41-38-49(45-66(60)69)48-22-21-31-54(44-48)72(55-39-42-61-58-33-16-19-36-64(58)70(67(61)46-55,50-23-7-3-8-24-50)51-25-9-4-10-26-51)56-40-43-62-59-34-17-20-37-65(59)71(68(62)47-56,52-27-11-5-12-28-52)53-29-13-6-14-30-53;1-69(2)63-32-18-15-29-57(63)60-42-37-49(45-66(60)69)48-35-38-54(39-36-48)72(55-40-43-61-58-30-16-19-33-64(58)70(67(61)46-55,50-21-7-3-8-22-50)51-23-9-4-10-24-51)56-41-44-62-59-31-17-20-34-65(59)71(68(62)47-56,52-25-11-5-12-26-52)53-27-13-6-14-28-53/h2*3-47H,1-2H3. The molecule has 22 aromatic carbocycles. The maximum absolute atomic E-state index is 2.52. The van der Waals surface area contributed by atoms with Crippen LogP contribution in [0.5, 0.6) is 0 Å². The second kappa shape index (κ2) is 33.6. The lowest BCUT2D eigenvalue weighted by Gasteiger charge is -2.36. The third-order valence-electron chi connectivity index (χ3n) is 32.9. The molecule has 680 valence electrons. The minimum absolute atomic E-state index is 0.0808. The highest BCUT2D eigenvalue weighted by molar-refractivity contribution is 5.98. The maximum Gasteiger partial charge on any atom is 0.0714 e. The van der Waals surface area contributed by atoms with Crippen LogP contribution in [-0.2, 0) is 32.5 Å². The highest BCUT2D eigenvalue weighted by Gasteiger charge is 2.52. The van der Waals surface area contributed by atoms with Crippen LogP contribution in [0.1, 0.15) is 139 Å². The number of rotatable bonds is 16. The van der Waals surface area contributed by atoms with E-state index >= 15 is 0 Å². The molecule has 0 amide bonds. The van der Waals surface area contributed by atoms with E-state index in [2.05, 4.69) is 583 Å². The number of benzene rings is 22. The summed E-state index contributed by atoms with van der Waals surface area (Å²) in [5.41, 5.74) is 50.3. The normalized spacial score (nSPS) is 14.6. The predicted molar refractivity (Wildman–Crippen MR) is 597 cm³/mol. The highest BCUT2D eigenvalue weighted by atomic mass is 15.1. The first kappa shape index (κ1) is 85.6. The van der Waals surface area contributed by atoms with Crippen LogP contribution in [0.3, 0.4) is 0 Å². The minimum Gasteiger partial charge on any atom is -0.310 e. The Morgan fingerprint density at radius 2 is 0.306 bits per heavy atom. The third kappa shape index (κ3) is 12.7. The van der Waals surface area contributed by atoms with Crippen molar-refractivity contribution in [2.24, 2.45) is 0 Å². The molecule has 6 aliphatic rings. The van der Waals surface area contributed by atoms with Gasteiger partial charge in [-0.05, 0) is 285 Å². The van der Waals surface area contributed by atoms with Crippen LogP contribution in [0.15, 0.2) is 546 Å². The van der Waals surface area contributed by atoms with E-state index in [0.717, 1.165) is 34.1 Å². The van der Waals surface area contributed by atoms with Gasteiger partial charge in [-0.15, -0.1) is 0 Å². The number of hydrogen-bond acceptors (Lipinski definition) is 2. The Labute approximate surface area is 844 Å². The topological polar surface area (TPSA) is 6.48 Å². The minimum atomic E-state index is -0.553. The van der Waals surface area contributed by atoms with E-state index in [9.17, 15) is 0 Å². The average molecular weight is 1840 g/mol. The molecule has 22 aromatic rings. The summed E-state index contributed by atoms with van der Waals surface area (Å²) in [4.78, 5) is 5.02. The van der Waals surface area contributed by atoms with Crippen LogP contribution < -0.4 is 9.80 Å². The van der Waals surface area contributed by atoms with E-state index in [4.69, 9.17) is 0 Å². The van der Waals surface area contributed by atoms with Gasteiger partial charge in [0.25, 0.3) is 0 Å². The second-order valence-electron chi connectivity index (χ2n) is 40.7. The summed E-state index contributed by atoms with van der Waals surface area (Å²) in [6.07, 6.45) is 0. The van der Waals surface area contributed by atoms with Crippen molar-refractivity contribution in [1.82, 2.24) is 0 Å². The first-order valence-electron chi connectivity index (χ1n) is 50.7. The van der Waals surface area contributed by atoms with Gasteiger partial charge in [0, 0.05) is 45.0 Å². The van der Waals surface area contributed by atoms with Gasteiger partial charge in [-0.1, -0.05) is 489 Å². The van der Waals surface area contributed by atoms with E-state index in [1.165, 1.54) is 200 Å². The Balaban J connectivity index is 0.000000143. The summed E-state index contributed by atoms with van der Waals surface area (Å²) in [7, 11) is 0. The van der Waals surface area contributed by atoms with E-state index in [1.807, 2.05) is 0 Å². The Morgan fingerprint density at radius 3 is 0.583 bits per heavy atom. The first-order chi connectivity index (χ1) is 70.9. The van der Waals surface area contributed by atoms with Crippen molar-refractivity contribution in [2.75, 3.05) is 9.80 Å². The largest absolute Gasteiger partial charge is 0.310 e. The van der Waals surface area contributed by atoms with Crippen molar-refractivity contribution in [3.05, 3.63) is 657 Å². The Bertz CT molecular complexity index is 8260. The molecular formula is C142H102N2. The van der Waals surface area contributed by atoms with Crippen molar-refractivity contribution < 1.29 is 0 Å². The lowest BCUT2D eigenvalue weighted by Crippen LogP contribution is -2.29. The molecule has 0 N–H and O–H groups in total. The van der Waals surface area contributed by atoms with E-state index in [-0.39, 0.29) is 10.8 Å². The Morgan fingerprint density at radius 1 is 0.118 bits per heavy atom. The fourth-order valence-electron chi connectivity index (χ4n) is 26.6. The molecule has 0 aliphatic heterocycles. The van der Waals surface area contributed by atoms with Crippen LogP contribution in [0.4, 0.5) is 34.1 Å². The smallest absolute Gasteiger partial charge is 0.0714 e. The molecule has 144 heavy (non-hydrogen) atoms. The van der Waals surface area contributed by atoms with Gasteiger partial charge in [-0.25, -0.2) is 0 Å². The van der Waals surface area contributed by atoms with Crippen LogP contribution in [0, 0.1) is 0 Å². The van der Waals surface area contributed by atoms with Crippen molar-refractivity contribution in [1.29, 1.82) is 0 Å². The molecule has 6 aliphatic carbocycles. The van der Waals surface area contributed by atoms with Gasteiger partial charge in [0.15, 0.2) is 0 Å². The molecular weight excluding hydrogens is 1730 g/mol. The van der Waals surface area contributed by atoms with E-state index in [0.29, 0.717) is 0 Å². The Hall–Kier alpha value is -17.6. The molecule has 0 radical (unpaired) electrons. The second-order valence-corrected chi connectivity index (χ2v) is 40.7. The summed E-state index contributed by atoms with van der Waals surface area (Å²) >= 11 is 0. The molecule has 0 bridgehead atoms. The highest BCUT2D eigenvalue weighted by Crippen LogP contribution is 2.65. The molecule has 0 saturated heterocycles. The van der Waals surface area contributed by atoms with Gasteiger partial charge in [0.1, 0.15) is 0 Å². The number of fused-ring (bicyclic) bond motifs is 18. The first-order valence-corrected chi connectivity index (χ1v) is 50.7. The van der Waals surface area contributed by atoms with Crippen LogP contribution in [0.25, 0.3) is 89.0 Å². The molecule has 0 saturated carbocycles. The summed E-state index contributed by atoms with van der Waals surface area (Å²) < 4.78 is 0. The Kier molecular flexibility index (Phi) is 20.0. The number of anilines is 6. The van der Waals surface area contributed by atoms with Gasteiger partial charge in [-0.2, -0.15) is 0 Å². The summed E-state index contributed by atoms with van der Waals surface area (Å²) in [5.74, 6) is 0. The van der Waals surface area contributed by atoms with Crippen molar-refractivity contribution in [3.8, 4) is 89.0 Å². The van der Waals surface area contributed by atoms with Gasteiger partial charge in [-0.3, -0.25) is 0 Å². The lowest BCUT2D eigenvalue weighted by atomic mass is 9.67. The van der Waals surface area contributed by atoms with E-state index < -0.39 is 21.7 Å². The van der Waals surface area contributed by atoms with Gasteiger partial charge in [0.2, 0.25) is 0 Å². The van der Waals surface area contributed by atoms with Crippen LogP contribution in [-0.4, -0.2) is 0 Å². The fraction of sp³-hybridized carbons (Fsp3) is 0.0704. The zero-order valence-electron chi connectivity index (χ0n) is 80.9. The average Bonchev–Trinajstić information content (AvgIpc) is 1.54. The number of nitrogens with zero attached hydrogens (tertiary/aromatic N) is 2. The zero-order valence-corrected chi connectivity index (χ0v) is 80.9. The molecule has 0 heterocycles. The molecule has 0 fully saturated rings. The van der Waals surface area contributed by atoms with Crippen molar-refractivity contribution >= 4 is 34.1 Å². The quantitative estimate of drug-likeness (QED) is 0.0951. The fourth-order valence-corrected chi connectivity index (χ4v) is 26.6. The predicted octanol–water partition coefficient (Wildman–Crippen LogP) is 35.7. The lowest BCUT2D eigenvalue weighted by molar-refractivity contribution is 0.660. The van der Waals surface area contributed by atoms with Crippen LogP contribution >= 0.6 is 0 Å². The summed E-state index contributed by atoms with van der Waals surface area (Å²) in [6, 6.07) is 205. The molecule has 2 nitrogen and oxygen atoms in total. The van der Waals surface area contributed by atoms with E-state index in [1.54, 1.807) is 0 Å². The molecule has 2 heteroatoms. The maximum atomic E-state index is 2.52.